The lowest BCUT2D eigenvalue weighted by Gasteiger charge is -2.12. The number of hydrogen-bond donors (Lipinski definition) is 0. The van der Waals surface area contributed by atoms with Gasteiger partial charge in [0.2, 0.25) is 0 Å². The molecule has 0 aliphatic rings. The van der Waals surface area contributed by atoms with Crippen molar-refractivity contribution in [1.82, 2.24) is 19.9 Å². The highest BCUT2D eigenvalue weighted by Gasteiger charge is 2.21. The van der Waals surface area contributed by atoms with Crippen LogP contribution in [0.15, 0.2) is 155 Å². The van der Waals surface area contributed by atoms with Crippen LogP contribution in [0.25, 0.3) is 99.9 Å². The van der Waals surface area contributed by atoms with Gasteiger partial charge >= 0.3 is 0 Å². The third-order valence-corrected chi connectivity index (χ3v) is 9.01. The van der Waals surface area contributed by atoms with Crippen molar-refractivity contribution in [3.63, 3.8) is 0 Å². The van der Waals surface area contributed by atoms with Gasteiger partial charge in [0.15, 0.2) is 23.1 Å². The highest BCUT2D eigenvalue weighted by molar-refractivity contribution is 6.16. The molecule has 224 valence electrons. The predicted molar refractivity (Wildman–Crippen MR) is 191 cm³/mol. The van der Waals surface area contributed by atoms with Gasteiger partial charge in [-0.25, -0.2) is 15.0 Å². The van der Waals surface area contributed by atoms with Crippen LogP contribution in [0.1, 0.15) is 0 Å². The predicted octanol–water partition coefficient (Wildman–Crippen LogP) is 10.9. The Kier molecular flexibility index (Phi) is 5.77. The second-order valence-electron chi connectivity index (χ2n) is 11.9. The number of fused-ring (bicyclic) bond motifs is 7. The molecule has 10 rings (SSSR count). The highest BCUT2D eigenvalue weighted by atomic mass is 16.3. The summed E-state index contributed by atoms with van der Waals surface area (Å²) in [6.45, 7) is 0. The number of nitrogens with zero attached hydrogens (tertiary/aromatic N) is 4. The van der Waals surface area contributed by atoms with E-state index in [1.165, 1.54) is 0 Å². The first kappa shape index (κ1) is 26.5. The van der Waals surface area contributed by atoms with Crippen molar-refractivity contribution in [2.75, 3.05) is 0 Å². The molecule has 0 unspecified atom stereocenters. The maximum absolute atomic E-state index is 6.48. The molecule has 4 heterocycles. The van der Waals surface area contributed by atoms with Gasteiger partial charge in [-0.3, -0.25) is 4.98 Å². The van der Waals surface area contributed by atoms with Crippen molar-refractivity contribution >= 4 is 54.6 Å². The van der Waals surface area contributed by atoms with E-state index >= 15 is 0 Å². The topological polar surface area (TPSA) is 77.8 Å². The van der Waals surface area contributed by atoms with Crippen LogP contribution in [-0.4, -0.2) is 19.9 Å². The van der Waals surface area contributed by atoms with Crippen LogP contribution in [0.4, 0.5) is 0 Å². The summed E-state index contributed by atoms with van der Waals surface area (Å²) in [5.41, 5.74) is 7.77. The van der Waals surface area contributed by atoms with Crippen molar-refractivity contribution < 1.29 is 8.83 Å². The van der Waals surface area contributed by atoms with Gasteiger partial charge in [0.05, 0.1) is 6.20 Å². The fourth-order valence-electron chi connectivity index (χ4n) is 6.78. The van der Waals surface area contributed by atoms with E-state index in [4.69, 9.17) is 23.8 Å². The molecule has 0 aliphatic carbocycles. The third kappa shape index (κ3) is 4.20. The van der Waals surface area contributed by atoms with Crippen molar-refractivity contribution in [1.29, 1.82) is 0 Å². The standard InChI is InChI=1S/C42H24N4O2/c1-2-10-26(11-3-1)40-44-41(28-18-17-25-9-4-5-12-27(25)21-28)46-42(45-40)33-22-29(23-36-39(33)32-19-20-43-24-37(32)48-36)30-14-8-16-35-38(30)31-13-6-7-15-34(31)47-35/h1-24H. The molecule has 6 nitrogen and oxygen atoms in total. The van der Waals surface area contributed by atoms with Crippen molar-refractivity contribution in [2.45, 2.75) is 0 Å². The average molecular weight is 617 g/mol. The van der Waals surface area contributed by atoms with Crippen LogP contribution in [0, 0.1) is 0 Å². The van der Waals surface area contributed by atoms with Crippen LogP contribution >= 0.6 is 0 Å². The number of aromatic nitrogens is 4. The number of rotatable bonds is 4. The minimum Gasteiger partial charge on any atom is -0.456 e. The molecule has 0 spiro atoms. The molecule has 0 saturated carbocycles. The molecule has 4 aromatic heterocycles. The van der Waals surface area contributed by atoms with Crippen LogP contribution in [0.5, 0.6) is 0 Å². The van der Waals surface area contributed by atoms with Gasteiger partial charge in [-0.15, -0.1) is 0 Å². The summed E-state index contributed by atoms with van der Waals surface area (Å²) in [6.07, 6.45) is 3.54. The van der Waals surface area contributed by atoms with Crippen LogP contribution in [-0.2, 0) is 0 Å². The lowest BCUT2D eigenvalue weighted by atomic mass is 9.95. The van der Waals surface area contributed by atoms with Gasteiger partial charge in [-0.1, -0.05) is 97.1 Å². The highest BCUT2D eigenvalue weighted by Crippen LogP contribution is 2.43. The van der Waals surface area contributed by atoms with Gasteiger partial charge < -0.3 is 8.83 Å². The van der Waals surface area contributed by atoms with E-state index in [9.17, 15) is 0 Å². The lowest BCUT2D eigenvalue weighted by molar-refractivity contribution is 0.667. The van der Waals surface area contributed by atoms with Gasteiger partial charge in [0, 0.05) is 44.4 Å². The van der Waals surface area contributed by atoms with E-state index in [1.54, 1.807) is 12.4 Å². The first-order valence-corrected chi connectivity index (χ1v) is 15.8. The number of pyridine rings is 1. The monoisotopic (exact) mass is 616 g/mol. The average Bonchev–Trinajstić information content (AvgIpc) is 3.73. The molecule has 0 fully saturated rings. The van der Waals surface area contributed by atoms with Gasteiger partial charge in [-0.05, 0) is 58.3 Å². The summed E-state index contributed by atoms with van der Waals surface area (Å²) >= 11 is 0. The Bertz CT molecular complexity index is 2850. The zero-order valence-corrected chi connectivity index (χ0v) is 25.5. The largest absolute Gasteiger partial charge is 0.456 e. The number of hydrogen-bond acceptors (Lipinski definition) is 6. The molecule has 0 N–H and O–H groups in total. The number of benzene rings is 6. The fraction of sp³-hybridized carbons (Fsp3) is 0. The molecule has 0 bridgehead atoms. The Morgan fingerprint density at radius 2 is 1.10 bits per heavy atom. The van der Waals surface area contributed by atoms with Crippen LogP contribution in [0.3, 0.4) is 0 Å². The van der Waals surface area contributed by atoms with E-state index in [0.29, 0.717) is 23.1 Å². The summed E-state index contributed by atoms with van der Waals surface area (Å²) in [7, 11) is 0. The third-order valence-electron chi connectivity index (χ3n) is 9.01. The molecule has 6 heteroatoms. The second-order valence-corrected chi connectivity index (χ2v) is 11.9. The van der Waals surface area contributed by atoms with E-state index in [1.807, 2.05) is 78.9 Å². The Hall–Kier alpha value is -6.66. The molecular weight excluding hydrogens is 592 g/mol. The molecule has 6 aromatic carbocycles. The van der Waals surface area contributed by atoms with Gasteiger partial charge in [-0.2, -0.15) is 0 Å². The SMILES string of the molecule is c1ccc(-c2nc(-c3ccc4ccccc4c3)nc(-c3cc(-c4cccc5oc6ccccc6c45)cc4oc5cnccc5c34)n2)cc1. The van der Waals surface area contributed by atoms with Crippen molar-refractivity contribution in [3.8, 4) is 45.3 Å². The van der Waals surface area contributed by atoms with E-state index < -0.39 is 0 Å². The lowest BCUT2D eigenvalue weighted by Crippen LogP contribution is -2.00. The summed E-state index contributed by atoms with van der Waals surface area (Å²) in [5, 5.41) is 6.26. The van der Waals surface area contributed by atoms with Crippen molar-refractivity contribution in [2.24, 2.45) is 0 Å². The minimum atomic E-state index is 0.558. The second kappa shape index (κ2) is 10.4. The first-order valence-electron chi connectivity index (χ1n) is 15.8. The van der Waals surface area contributed by atoms with Crippen LogP contribution in [0.2, 0.25) is 0 Å². The zero-order valence-electron chi connectivity index (χ0n) is 25.5. The Labute approximate surface area is 274 Å². The number of para-hydroxylation sites is 1. The zero-order chi connectivity index (χ0) is 31.6. The first-order chi connectivity index (χ1) is 23.8. The molecule has 0 atom stereocenters. The Morgan fingerprint density at radius 3 is 2.02 bits per heavy atom. The molecule has 0 radical (unpaired) electrons. The minimum absolute atomic E-state index is 0.558. The molecule has 10 aromatic rings. The maximum Gasteiger partial charge on any atom is 0.164 e. The van der Waals surface area contributed by atoms with Gasteiger partial charge in [0.25, 0.3) is 0 Å². The smallest absolute Gasteiger partial charge is 0.164 e. The van der Waals surface area contributed by atoms with Gasteiger partial charge in [0.1, 0.15) is 16.7 Å². The van der Waals surface area contributed by atoms with E-state index in [-0.39, 0.29) is 0 Å². The summed E-state index contributed by atoms with van der Waals surface area (Å²) in [4.78, 5) is 19.7. The Balaban J connectivity index is 1.28. The fourth-order valence-corrected chi connectivity index (χ4v) is 6.78. The molecule has 48 heavy (non-hydrogen) atoms. The Morgan fingerprint density at radius 1 is 0.396 bits per heavy atom. The van der Waals surface area contributed by atoms with Crippen LogP contribution < -0.4 is 0 Å². The quantitative estimate of drug-likeness (QED) is 0.196. The van der Waals surface area contributed by atoms with Crippen molar-refractivity contribution in [3.05, 3.63) is 146 Å². The normalized spacial score (nSPS) is 11.8. The summed E-state index contributed by atoms with van der Waals surface area (Å²) in [5.74, 6) is 1.75. The van der Waals surface area contributed by atoms with E-state index in [2.05, 4.69) is 59.6 Å². The molecular formula is C42H24N4O2. The summed E-state index contributed by atoms with van der Waals surface area (Å²) in [6, 6.07) is 45.2. The number of furan rings is 2. The molecule has 0 saturated heterocycles. The summed E-state index contributed by atoms with van der Waals surface area (Å²) < 4.78 is 12.7. The van der Waals surface area contributed by atoms with E-state index in [0.717, 1.165) is 76.9 Å². The molecule has 0 aliphatic heterocycles. The molecule has 0 amide bonds. The maximum atomic E-state index is 6.48.